The van der Waals surface area contributed by atoms with Crippen molar-refractivity contribution in [3.05, 3.63) is 46.8 Å². The predicted molar refractivity (Wildman–Crippen MR) is 86.1 cm³/mol. The quantitative estimate of drug-likeness (QED) is 0.825. The van der Waals surface area contributed by atoms with Crippen molar-refractivity contribution < 1.29 is 9.53 Å². The number of carbonyl (C=O) groups excluding carboxylic acids is 1. The number of aromatic amines is 1. The zero-order chi connectivity index (χ0) is 15.9. The minimum atomic E-state index is 0.0709. The lowest BCUT2D eigenvalue weighted by molar-refractivity contribution is -0.121. The normalized spacial score (nSPS) is 10.5. The van der Waals surface area contributed by atoms with Gasteiger partial charge in [0.25, 0.3) is 0 Å². The lowest BCUT2D eigenvalue weighted by atomic mass is 10.1. The average Bonchev–Trinajstić information content (AvgIpc) is 2.85. The highest BCUT2D eigenvalue weighted by Gasteiger charge is 2.07. The summed E-state index contributed by atoms with van der Waals surface area (Å²) in [5, 5.41) is 10.1. The summed E-state index contributed by atoms with van der Waals surface area (Å²) in [6.45, 7) is 4.61. The molecule has 5 nitrogen and oxygen atoms in total. The fraction of sp³-hybridized carbons (Fsp3) is 0.412. The Morgan fingerprint density at radius 1 is 1.32 bits per heavy atom. The number of hydrogen-bond acceptors (Lipinski definition) is 3. The molecule has 0 atom stereocenters. The van der Waals surface area contributed by atoms with Crippen molar-refractivity contribution >= 4 is 5.91 Å². The zero-order valence-corrected chi connectivity index (χ0v) is 13.4. The van der Waals surface area contributed by atoms with Gasteiger partial charge in [0, 0.05) is 18.7 Å². The van der Waals surface area contributed by atoms with Gasteiger partial charge in [-0.05, 0) is 49.9 Å². The number of amides is 1. The molecular formula is C17H23N3O2. The molecule has 1 heterocycles. The number of benzene rings is 1. The molecule has 0 saturated carbocycles. The third-order valence-electron chi connectivity index (χ3n) is 3.75. The number of aromatic nitrogens is 2. The second kappa shape index (κ2) is 7.64. The molecule has 0 saturated heterocycles. The van der Waals surface area contributed by atoms with Gasteiger partial charge in [-0.15, -0.1) is 0 Å². The van der Waals surface area contributed by atoms with E-state index in [1.807, 2.05) is 38.1 Å². The number of nitrogens with zero attached hydrogens (tertiary/aromatic N) is 1. The summed E-state index contributed by atoms with van der Waals surface area (Å²) in [7, 11) is 1.64. The van der Waals surface area contributed by atoms with E-state index >= 15 is 0 Å². The SMILES string of the molecule is COc1cccc(CCC(=O)NCCc2c(C)n[nH]c2C)c1. The molecule has 2 rings (SSSR count). The van der Waals surface area contributed by atoms with E-state index in [2.05, 4.69) is 15.5 Å². The number of rotatable bonds is 7. The predicted octanol–water partition coefficient (Wildman–Crippen LogP) is 2.33. The first-order valence-corrected chi connectivity index (χ1v) is 7.50. The Morgan fingerprint density at radius 3 is 2.82 bits per heavy atom. The standard InChI is InChI=1S/C17H23N3O2/c1-12-16(13(2)20-19-12)9-10-18-17(21)8-7-14-5-4-6-15(11-14)22-3/h4-6,11H,7-10H2,1-3H3,(H,18,21)(H,19,20). The lowest BCUT2D eigenvalue weighted by Gasteiger charge is -2.07. The van der Waals surface area contributed by atoms with Crippen molar-refractivity contribution in [2.75, 3.05) is 13.7 Å². The Labute approximate surface area is 131 Å². The van der Waals surface area contributed by atoms with Crippen LogP contribution in [-0.4, -0.2) is 29.8 Å². The first-order valence-electron chi connectivity index (χ1n) is 7.50. The molecule has 0 unspecified atom stereocenters. The molecule has 0 radical (unpaired) electrons. The summed E-state index contributed by atoms with van der Waals surface area (Å²) in [6.07, 6.45) is 2.00. The molecule has 2 N–H and O–H groups in total. The molecule has 118 valence electrons. The van der Waals surface area contributed by atoms with Crippen molar-refractivity contribution in [3.8, 4) is 5.75 Å². The Balaban J connectivity index is 1.74. The van der Waals surface area contributed by atoms with Crippen LogP contribution in [0.4, 0.5) is 0 Å². The van der Waals surface area contributed by atoms with E-state index in [9.17, 15) is 4.79 Å². The van der Waals surface area contributed by atoms with E-state index < -0.39 is 0 Å². The van der Waals surface area contributed by atoms with Crippen LogP contribution in [0.15, 0.2) is 24.3 Å². The number of carbonyl (C=O) groups is 1. The van der Waals surface area contributed by atoms with E-state index in [0.717, 1.165) is 29.1 Å². The van der Waals surface area contributed by atoms with Crippen LogP contribution in [0.2, 0.25) is 0 Å². The zero-order valence-electron chi connectivity index (χ0n) is 13.4. The number of aryl methyl sites for hydroxylation is 3. The molecule has 5 heteroatoms. The smallest absolute Gasteiger partial charge is 0.220 e. The van der Waals surface area contributed by atoms with Gasteiger partial charge in [0.05, 0.1) is 12.8 Å². The largest absolute Gasteiger partial charge is 0.497 e. The number of methoxy groups -OCH3 is 1. The van der Waals surface area contributed by atoms with E-state index in [4.69, 9.17) is 4.74 Å². The van der Waals surface area contributed by atoms with Gasteiger partial charge in [-0.1, -0.05) is 12.1 Å². The summed E-state index contributed by atoms with van der Waals surface area (Å²) in [5.74, 6) is 0.894. The highest BCUT2D eigenvalue weighted by atomic mass is 16.5. The fourth-order valence-electron chi connectivity index (χ4n) is 2.44. The minimum absolute atomic E-state index is 0.0709. The van der Waals surface area contributed by atoms with Crippen molar-refractivity contribution in [2.24, 2.45) is 0 Å². The van der Waals surface area contributed by atoms with Crippen LogP contribution in [0.25, 0.3) is 0 Å². The number of ether oxygens (including phenoxy) is 1. The molecule has 0 aliphatic rings. The average molecular weight is 301 g/mol. The van der Waals surface area contributed by atoms with Crippen LogP contribution < -0.4 is 10.1 Å². The molecular weight excluding hydrogens is 278 g/mol. The molecule has 0 aliphatic heterocycles. The highest BCUT2D eigenvalue weighted by molar-refractivity contribution is 5.76. The van der Waals surface area contributed by atoms with Gasteiger partial charge in [-0.2, -0.15) is 5.10 Å². The van der Waals surface area contributed by atoms with Crippen molar-refractivity contribution in [3.63, 3.8) is 0 Å². The van der Waals surface area contributed by atoms with Gasteiger partial charge in [-0.25, -0.2) is 0 Å². The Bertz CT molecular complexity index is 615. The third kappa shape index (κ3) is 4.35. The maximum absolute atomic E-state index is 11.9. The number of nitrogens with one attached hydrogen (secondary N) is 2. The van der Waals surface area contributed by atoms with Gasteiger partial charge in [0.1, 0.15) is 5.75 Å². The molecule has 1 aromatic heterocycles. The first-order chi connectivity index (χ1) is 10.6. The minimum Gasteiger partial charge on any atom is -0.497 e. The molecule has 22 heavy (non-hydrogen) atoms. The topological polar surface area (TPSA) is 67.0 Å². The van der Waals surface area contributed by atoms with Gasteiger partial charge < -0.3 is 10.1 Å². The van der Waals surface area contributed by atoms with Crippen LogP contribution in [0.1, 0.15) is 28.9 Å². The summed E-state index contributed by atoms with van der Waals surface area (Å²) in [5.41, 5.74) is 4.37. The van der Waals surface area contributed by atoms with Gasteiger partial charge in [-0.3, -0.25) is 9.89 Å². The van der Waals surface area contributed by atoms with Crippen LogP contribution in [-0.2, 0) is 17.6 Å². The second-order valence-corrected chi connectivity index (χ2v) is 5.36. The molecule has 0 spiro atoms. The van der Waals surface area contributed by atoms with E-state index in [1.165, 1.54) is 5.56 Å². The van der Waals surface area contributed by atoms with Crippen LogP contribution in [0, 0.1) is 13.8 Å². The van der Waals surface area contributed by atoms with Gasteiger partial charge >= 0.3 is 0 Å². The molecule has 1 aromatic carbocycles. The Hall–Kier alpha value is -2.30. The van der Waals surface area contributed by atoms with Crippen LogP contribution in [0.5, 0.6) is 5.75 Å². The molecule has 2 aromatic rings. The third-order valence-corrected chi connectivity index (χ3v) is 3.75. The molecule has 0 fully saturated rings. The van der Waals surface area contributed by atoms with Crippen molar-refractivity contribution in [1.82, 2.24) is 15.5 Å². The van der Waals surface area contributed by atoms with Gasteiger partial charge in [0.2, 0.25) is 5.91 Å². The first kappa shape index (κ1) is 16.1. The van der Waals surface area contributed by atoms with E-state index in [0.29, 0.717) is 19.4 Å². The summed E-state index contributed by atoms with van der Waals surface area (Å²) in [4.78, 5) is 11.9. The maximum Gasteiger partial charge on any atom is 0.220 e. The summed E-state index contributed by atoms with van der Waals surface area (Å²) < 4.78 is 5.18. The number of hydrogen-bond donors (Lipinski definition) is 2. The van der Waals surface area contributed by atoms with Crippen LogP contribution >= 0.6 is 0 Å². The highest BCUT2D eigenvalue weighted by Crippen LogP contribution is 2.14. The van der Waals surface area contributed by atoms with E-state index in [1.54, 1.807) is 7.11 Å². The Kier molecular flexibility index (Phi) is 5.58. The summed E-state index contributed by atoms with van der Waals surface area (Å²) >= 11 is 0. The van der Waals surface area contributed by atoms with E-state index in [-0.39, 0.29) is 5.91 Å². The maximum atomic E-state index is 11.9. The Morgan fingerprint density at radius 2 is 2.14 bits per heavy atom. The monoisotopic (exact) mass is 301 g/mol. The fourth-order valence-corrected chi connectivity index (χ4v) is 2.44. The molecule has 0 aliphatic carbocycles. The van der Waals surface area contributed by atoms with Crippen molar-refractivity contribution in [2.45, 2.75) is 33.1 Å². The van der Waals surface area contributed by atoms with Crippen molar-refractivity contribution in [1.29, 1.82) is 0 Å². The molecule has 0 bridgehead atoms. The lowest BCUT2D eigenvalue weighted by Crippen LogP contribution is -2.26. The summed E-state index contributed by atoms with van der Waals surface area (Å²) in [6, 6.07) is 7.81. The molecule has 1 amide bonds. The number of H-pyrrole nitrogens is 1. The second-order valence-electron chi connectivity index (χ2n) is 5.36. The van der Waals surface area contributed by atoms with Crippen LogP contribution in [0.3, 0.4) is 0 Å². The van der Waals surface area contributed by atoms with Gasteiger partial charge in [0.15, 0.2) is 0 Å².